The van der Waals surface area contributed by atoms with Crippen molar-refractivity contribution in [1.29, 1.82) is 0 Å². The minimum absolute atomic E-state index is 0.125. The molecule has 0 fully saturated rings. The molecule has 0 unspecified atom stereocenters. The molecule has 3 heterocycles. The summed E-state index contributed by atoms with van der Waals surface area (Å²) in [6.07, 6.45) is 4.48. The SMILES string of the molecule is CCc1nn2c(=O)cc(CNCCn3cccn3)nc2s1. The van der Waals surface area contributed by atoms with Gasteiger partial charge >= 0.3 is 0 Å². The van der Waals surface area contributed by atoms with E-state index >= 15 is 0 Å². The quantitative estimate of drug-likeness (QED) is 0.678. The van der Waals surface area contributed by atoms with Crippen LogP contribution < -0.4 is 10.9 Å². The van der Waals surface area contributed by atoms with Crippen molar-refractivity contribution in [2.24, 2.45) is 0 Å². The molecular formula is C13H16N6OS. The minimum atomic E-state index is -0.125. The van der Waals surface area contributed by atoms with Crippen LogP contribution in [0.4, 0.5) is 0 Å². The second-order valence-electron chi connectivity index (χ2n) is 4.58. The van der Waals surface area contributed by atoms with E-state index in [1.165, 1.54) is 21.9 Å². The lowest BCUT2D eigenvalue weighted by Crippen LogP contribution is -2.22. The van der Waals surface area contributed by atoms with Crippen LogP contribution in [0.3, 0.4) is 0 Å². The fourth-order valence-electron chi connectivity index (χ4n) is 1.97. The van der Waals surface area contributed by atoms with Crippen molar-refractivity contribution in [3.8, 4) is 0 Å². The first-order chi connectivity index (χ1) is 10.3. The van der Waals surface area contributed by atoms with Crippen LogP contribution in [0.2, 0.25) is 0 Å². The maximum absolute atomic E-state index is 12.0. The van der Waals surface area contributed by atoms with Crippen LogP contribution in [0.25, 0.3) is 4.96 Å². The van der Waals surface area contributed by atoms with Crippen molar-refractivity contribution in [2.75, 3.05) is 6.54 Å². The molecule has 0 amide bonds. The van der Waals surface area contributed by atoms with Gasteiger partial charge in [-0.3, -0.25) is 9.48 Å². The van der Waals surface area contributed by atoms with Gasteiger partial charge in [0.15, 0.2) is 0 Å². The molecule has 0 atom stereocenters. The summed E-state index contributed by atoms with van der Waals surface area (Å²) in [6, 6.07) is 3.43. The fraction of sp³-hybridized carbons (Fsp3) is 0.385. The normalized spacial score (nSPS) is 11.3. The Hall–Kier alpha value is -2.06. The summed E-state index contributed by atoms with van der Waals surface area (Å²) in [5.41, 5.74) is 0.617. The van der Waals surface area contributed by atoms with Crippen LogP contribution >= 0.6 is 11.3 Å². The molecule has 0 aliphatic rings. The van der Waals surface area contributed by atoms with E-state index in [0.717, 1.165) is 30.2 Å². The number of aryl methyl sites for hydroxylation is 1. The van der Waals surface area contributed by atoms with E-state index in [9.17, 15) is 4.79 Å². The molecule has 3 aromatic heterocycles. The molecule has 3 rings (SSSR count). The molecule has 0 bridgehead atoms. The third-order valence-corrected chi connectivity index (χ3v) is 4.08. The lowest BCUT2D eigenvalue weighted by atomic mass is 10.4. The minimum Gasteiger partial charge on any atom is -0.309 e. The summed E-state index contributed by atoms with van der Waals surface area (Å²) in [5, 5.41) is 12.5. The molecule has 110 valence electrons. The predicted molar refractivity (Wildman–Crippen MR) is 80.4 cm³/mol. The topological polar surface area (TPSA) is 77.1 Å². The number of hydrogen-bond donors (Lipinski definition) is 1. The molecule has 0 saturated heterocycles. The van der Waals surface area contributed by atoms with Crippen LogP contribution in [0.15, 0.2) is 29.3 Å². The van der Waals surface area contributed by atoms with Gasteiger partial charge in [-0.25, -0.2) is 4.98 Å². The van der Waals surface area contributed by atoms with Crippen molar-refractivity contribution in [3.05, 3.63) is 45.6 Å². The van der Waals surface area contributed by atoms with Crippen molar-refractivity contribution in [3.63, 3.8) is 0 Å². The van der Waals surface area contributed by atoms with Gasteiger partial charge in [0.2, 0.25) is 4.96 Å². The molecule has 8 heteroatoms. The molecule has 0 aliphatic heterocycles. The van der Waals surface area contributed by atoms with Crippen LogP contribution in [0, 0.1) is 0 Å². The van der Waals surface area contributed by atoms with Crippen molar-refractivity contribution < 1.29 is 0 Å². The van der Waals surface area contributed by atoms with Crippen LogP contribution in [-0.2, 0) is 19.5 Å². The molecule has 0 saturated carbocycles. The van der Waals surface area contributed by atoms with Crippen LogP contribution in [0.5, 0.6) is 0 Å². The van der Waals surface area contributed by atoms with E-state index in [-0.39, 0.29) is 5.56 Å². The summed E-state index contributed by atoms with van der Waals surface area (Å²) in [7, 11) is 0. The Bertz CT molecular complexity index is 776. The summed E-state index contributed by atoms with van der Waals surface area (Å²) >= 11 is 1.46. The average Bonchev–Trinajstić information content (AvgIpc) is 3.12. The Balaban J connectivity index is 1.65. The first-order valence-electron chi connectivity index (χ1n) is 6.83. The molecule has 0 spiro atoms. The van der Waals surface area contributed by atoms with Gasteiger partial charge in [-0.1, -0.05) is 18.3 Å². The van der Waals surface area contributed by atoms with Gasteiger partial charge in [0, 0.05) is 31.5 Å². The van der Waals surface area contributed by atoms with Crippen molar-refractivity contribution >= 4 is 16.3 Å². The summed E-state index contributed by atoms with van der Waals surface area (Å²) in [5.74, 6) is 0. The van der Waals surface area contributed by atoms with E-state index in [1.807, 2.05) is 23.9 Å². The predicted octanol–water partition coefficient (Wildman–Crippen LogP) is 0.700. The van der Waals surface area contributed by atoms with E-state index in [1.54, 1.807) is 6.20 Å². The molecule has 0 aromatic carbocycles. The highest BCUT2D eigenvalue weighted by Gasteiger charge is 2.07. The maximum Gasteiger partial charge on any atom is 0.275 e. The average molecular weight is 304 g/mol. The monoisotopic (exact) mass is 304 g/mol. The van der Waals surface area contributed by atoms with Gasteiger partial charge in [0.1, 0.15) is 5.01 Å². The molecule has 0 aliphatic carbocycles. The van der Waals surface area contributed by atoms with E-state index in [2.05, 4.69) is 20.5 Å². The summed E-state index contributed by atoms with van der Waals surface area (Å²) < 4.78 is 3.23. The zero-order valence-corrected chi connectivity index (χ0v) is 12.5. The van der Waals surface area contributed by atoms with Gasteiger partial charge in [0.05, 0.1) is 12.2 Å². The van der Waals surface area contributed by atoms with Crippen molar-refractivity contribution in [1.82, 2.24) is 29.7 Å². The maximum atomic E-state index is 12.0. The van der Waals surface area contributed by atoms with Gasteiger partial charge in [-0.15, -0.1) is 0 Å². The molecule has 0 radical (unpaired) electrons. The second-order valence-corrected chi connectivity index (χ2v) is 5.62. The number of aromatic nitrogens is 5. The molecule has 1 N–H and O–H groups in total. The Morgan fingerprint density at radius 3 is 3.10 bits per heavy atom. The lowest BCUT2D eigenvalue weighted by molar-refractivity contribution is 0.551. The zero-order chi connectivity index (χ0) is 14.7. The molecule has 3 aromatic rings. The second kappa shape index (κ2) is 6.15. The highest BCUT2D eigenvalue weighted by Crippen LogP contribution is 2.11. The summed E-state index contributed by atoms with van der Waals surface area (Å²) in [6.45, 7) is 4.13. The Morgan fingerprint density at radius 2 is 2.33 bits per heavy atom. The fourth-order valence-corrected chi connectivity index (χ4v) is 2.83. The lowest BCUT2D eigenvalue weighted by Gasteiger charge is -2.04. The first kappa shape index (κ1) is 13.9. The Kier molecular flexibility index (Phi) is 4.07. The molecule has 7 nitrogen and oxygen atoms in total. The number of nitrogens with zero attached hydrogens (tertiary/aromatic N) is 5. The third kappa shape index (κ3) is 3.17. The largest absolute Gasteiger partial charge is 0.309 e. The van der Waals surface area contributed by atoms with E-state index in [0.29, 0.717) is 11.5 Å². The number of hydrogen-bond acceptors (Lipinski definition) is 6. The molecular weight excluding hydrogens is 288 g/mol. The third-order valence-electron chi connectivity index (χ3n) is 3.03. The number of fused-ring (bicyclic) bond motifs is 1. The van der Waals surface area contributed by atoms with Gasteiger partial charge in [-0.05, 0) is 12.5 Å². The smallest absolute Gasteiger partial charge is 0.275 e. The summed E-state index contributed by atoms with van der Waals surface area (Å²) in [4.78, 5) is 17.1. The zero-order valence-electron chi connectivity index (χ0n) is 11.7. The number of nitrogens with one attached hydrogen (secondary N) is 1. The Labute approximate surface area is 125 Å². The highest BCUT2D eigenvalue weighted by molar-refractivity contribution is 7.16. The standard InChI is InChI=1S/C13H16N6OS/c1-2-11-17-19-12(20)8-10(16-13(19)21-11)9-14-5-7-18-6-3-4-15-18/h3-4,6,8,14H,2,5,7,9H2,1H3. The van der Waals surface area contributed by atoms with Crippen LogP contribution in [0.1, 0.15) is 17.6 Å². The van der Waals surface area contributed by atoms with Crippen molar-refractivity contribution in [2.45, 2.75) is 26.4 Å². The highest BCUT2D eigenvalue weighted by atomic mass is 32.1. The van der Waals surface area contributed by atoms with E-state index < -0.39 is 0 Å². The van der Waals surface area contributed by atoms with Gasteiger partial charge in [0.25, 0.3) is 5.56 Å². The first-order valence-corrected chi connectivity index (χ1v) is 7.64. The Morgan fingerprint density at radius 1 is 1.43 bits per heavy atom. The van der Waals surface area contributed by atoms with Crippen LogP contribution in [-0.4, -0.2) is 30.9 Å². The van der Waals surface area contributed by atoms with Gasteiger partial charge in [-0.2, -0.15) is 14.7 Å². The molecule has 21 heavy (non-hydrogen) atoms. The van der Waals surface area contributed by atoms with E-state index in [4.69, 9.17) is 0 Å². The van der Waals surface area contributed by atoms with Gasteiger partial charge < -0.3 is 5.32 Å². The number of rotatable bonds is 6.